The van der Waals surface area contributed by atoms with Crippen molar-refractivity contribution < 1.29 is 19.6 Å². The Balaban J connectivity index is 2.11. The monoisotopic (exact) mass is 432 g/mol. The molecule has 1 fully saturated rings. The van der Waals surface area contributed by atoms with E-state index in [-0.39, 0.29) is 12.5 Å². The second-order valence-corrected chi connectivity index (χ2v) is 9.50. The molecular formula is C23H36N4O4. The zero-order valence-electron chi connectivity index (χ0n) is 19.0. The van der Waals surface area contributed by atoms with Crippen molar-refractivity contribution in [3.05, 3.63) is 29.8 Å². The number of nitrogens with zero attached hydrogens (tertiary/aromatic N) is 1. The molecule has 0 heterocycles. The molecule has 8 heteroatoms. The Labute approximate surface area is 184 Å². The average Bonchev–Trinajstić information content (AvgIpc) is 3.23. The van der Waals surface area contributed by atoms with Crippen LogP contribution < -0.4 is 16.1 Å². The number of hydrogen-bond acceptors (Lipinski definition) is 4. The van der Waals surface area contributed by atoms with Crippen molar-refractivity contribution in [2.45, 2.75) is 65.8 Å². The maximum atomic E-state index is 13.4. The molecule has 4 N–H and O–H groups in total. The Kier molecular flexibility index (Phi) is 8.86. The summed E-state index contributed by atoms with van der Waals surface area (Å²) in [4.78, 5) is 39.3. The normalized spacial score (nSPS) is 15.3. The Morgan fingerprint density at radius 2 is 1.74 bits per heavy atom. The molecule has 1 saturated carbocycles. The first-order valence-electron chi connectivity index (χ1n) is 11.0. The number of anilines is 1. The van der Waals surface area contributed by atoms with Crippen molar-refractivity contribution in [2.24, 2.45) is 11.3 Å². The van der Waals surface area contributed by atoms with Gasteiger partial charge in [0.25, 0.3) is 5.91 Å². The van der Waals surface area contributed by atoms with E-state index in [0.717, 1.165) is 24.8 Å². The molecule has 172 valence electrons. The van der Waals surface area contributed by atoms with Gasteiger partial charge in [-0.15, -0.1) is 0 Å². The van der Waals surface area contributed by atoms with E-state index in [1.807, 2.05) is 39.8 Å². The summed E-state index contributed by atoms with van der Waals surface area (Å²) in [6.07, 6.45) is 5.46. The molecular weight excluding hydrogens is 396 g/mol. The Hall–Kier alpha value is -2.61. The SMILES string of the molecule is Cc1ccc(NC(=O)N[C@H](C(=O)N(CCC2CCCC2)CC(=O)NO)C(C)(C)C)cc1. The fourth-order valence-corrected chi connectivity index (χ4v) is 3.88. The van der Waals surface area contributed by atoms with Gasteiger partial charge >= 0.3 is 6.03 Å². The van der Waals surface area contributed by atoms with Crippen LogP contribution in [0.4, 0.5) is 10.5 Å². The van der Waals surface area contributed by atoms with Gasteiger partial charge in [-0.3, -0.25) is 14.8 Å². The van der Waals surface area contributed by atoms with Crippen molar-refractivity contribution in [3.63, 3.8) is 0 Å². The summed E-state index contributed by atoms with van der Waals surface area (Å²) in [5, 5.41) is 14.5. The fourth-order valence-electron chi connectivity index (χ4n) is 3.88. The second-order valence-electron chi connectivity index (χ2n) is 9.50. The van der Waals surface area contributed by atoms with Crippen LogP contribution in [-0.2, 0) is 9.59 Å². The number of nitrogens with one attached hydrogen (secondary N) is 3. The van der Waals surface area contributed by atoms with Gasteiger partial charge in [-0.05, 0) is 36.8 Å². The Morgan fingerprint density at radius 3 is 2.29 bits per heavy atom. The number of rotatable bonds is 8. The third kappa shape index (κ3) is 7.86. The highest BCUT2D eigenvalue weighted by atomic mass is 16.5. The molecule has 1 aromatic rings. The highest BCUT2D eigenvalue weighted by Gasteiger charge is 2.36. The first-order valence-corrected chi connectivity index (χ1v) is 11.0. The first-order chi connectivity index (χ1) is 14.6. The summed E-state index contributed by atoms with van der Waals surface area (Å²) in [5.74, 6) is -0.455. The maximum absolute atomic E-state index is 13.4. The highest BCUT2D eigenvalue weighted by Crippen LogP contribution is 2.28. The number of carbonyl (C=O) groups excluding carboxylic acids is 3. The van der Waals surface area contributed by atoms with Gasteiger partial charge in [-0.25, -0.2) is 10.3 Å². The van der Waals surface area contributed by atoms with Crippen LogP contribution in [0, 0.1) is 18.3 Å². The average molecular weight is 433 g/mol. The lowest BCUT2D eigenvalue weighted by Gasteiger charge is -2.35. The van der Waals surface area contributed by atoms with E-state index < -0.39 is 23.4 Å². The molecule has 0 bridgehead atoms. The predicted molar refractivity (Wildman–Crippen MR) is 120 cm³/mol. The number of carbonyl (C=O) groups is 3. The van der Waals surface area contributed by atoms with Crippen LogP contribution in [-0.4, -0.2) is 47.1 Å². The van der Waals surface area contributed by atoms with Gasteiger partial charge in [0, 0.05) is 12.2 Å². The minimum atomic E-state index is -0.840. The molecule has 1 aromatic carbocycles. The van der Waals surface area contributed by atoms with Crippen molar-refractivity contribution in [2.75, 3.05) is 18.4 Å². The summed E-state index contributed by atoms with van der Waals surface area (Å²) in [5.41, 5.74) is 2.72. The van der Waals surface area contributed by atoms with Crippen molar-refractivity contribution in [1.82, 2.24) is 15.7 Å². The lowest BCUT2D eigenvalue weighted by molar-refractivity contribution is -0.142. The van der Waals surface area contributed by atoms with Gasteiger partial charge in [-0.2, -0.15) is 0 Å². The molecule has 0 aliphatic heterocycles. The molecule has 0 unspecified atom stereocenters. The van der Waals surface area contributed by atoms with Crippen LogP contribution in [0.3, 0.4) is 0 Å². The minimum absolute atomic E-state index is 0.254. The largest absolute Gasteiger partial charge is 0.331 e. The van der Waals surface area contributed by atoms with Crippen LogP contribution in [0.15, 0.2) is 24.3 Å². The first kappa shape index (κ1) is 24.7. The molecule has 1 aliphatic rings. The maximum Gasteiger partial charge on any atom is 0.319 e. The van der Waals surface area contributed by atoms with Crippen molar-refractivity contribution in [1.29, 1.82) is 0 Å². The molecule has 8 nitrogen and oxygen atoms in total. The molecule has 0 saturated heterocycles. The van der Waals surface area contributed by atoms with E-state index in [1.165, 1.54) is 17.7 Å². The summed E-state index contributed by atoms with van der Waals surface area (Å²) < 4.78 is 0. The van der Waals surface area contributed by atoms with Crippen LogP contribution in [0.1, 0.15) is 58.4 Å². The third-order valence-corrected chi connectivity index (χ3v) is 5.75. The summed E-state index contributed by atoms with van der Waals surface area (Å²) in [6, 6.07) is 6.04. The number of hydrogen-bond donors (Lipinski definition) is 4. The Bertz CT molecular complexity index is 752. The van der Waals surface area contributed by atoms with Crippen molar-refractivity contribution >= 4 is 23.5 Å². The third-order valence-electron chi connectivity index (χ3n) is 5.75. The number of aryl methyl sites for hydroxylation is 1. The second kappa shape index (κ2) is 11.1. The Morgan fingerprint density at radius 1 is 1.13 bits per heavy atom. The molecule has 0 spiro atoms. The fraction of sp³-hybridized carbons (Fsp3) is 0.609. The molecule has 2 rings (SSSR count). The van der Waals surface area contributed by atoms with E-state index >= 15 is 0 Å². The van der Waals surface area contributed by atoms with Crippen molar-refractivity contribution in [3.8, 4) is 0 Å². The van der Waals surface area contributed by atoms with Gasteiger partial charge in [0.1, 0.15) is 12.6 Å². The molecule has 31 heavy (non-hydrogen) atoms. The number of hydroxylamine groups is 1. The van der Waals surface area contributed by atoms with Crippen LogP contribution in [0.5, 0.6) is 0 Å². The summed E-state index contributed by atoms with van der Waals surface area (Å²) >= 11 is 0. The number of urea groups is 1. The lowest BCUT2D eigenvalue weighted by atomic mass is 9.85. The van der Waals surface area contributed by atoms with Crippen LogP contribution in [0.2, 0.25) is 0 Å². The van der Waals surface area contributed by atoms with Gasteiger partial charge < -0.3 is 15.5 Å². The smallest absolute Gasteiger partial charge is 0.319 e. The molecule has 1 aliphatic carbocycles. The van der Waals surface area contributed by atoms with Gasteiger partial charge in [0.15, 0.2) is 0 Å². The molecule has 1 atom stereocenters. The van der Waals surface area contributed by atoms with Crippen LogP contribution >= 0.6 is 0 Å². The summed E-state index contributed by atoms with van der Waals surface area (Å²) in [7, 11) is 0. The minimum Gasteiger partial charge on any atom is -0.331 e. The van der Waals surface area contributed by atoms with E-state index in [1.54, 1.807) is 17.6 Å². The zero-order valence-corrected chi connectivity index (χ0v) is 19.0. The topological polar surface area (TPSA) is 111 Å². The lowest BCUT2D eigenvalue weighted by Crippen LogP contribution is -2.57. The standard InChI is InChI=1S/C23H36N4O4/c1-16-9-11-18(12-10-16)24-22(30)25-20(23(2,3)4)21(29)27(15-19(28)26-31)14-13-17-7-5-6-8-17/h9-12,17,20,31H,5-8,13-15H2,1-4H3,(H,26,28)(H2,24,25,30)/t20-/m1/s1. The van der Waals surface area contributed by atoms with E-state index in [0.29, 0.717) is 18.2 Å². The zero-order chi connectivity index (χ0) is 23.0. The molecule has 4 amide bonds. The molecule has 0 aromatic heterocycles. The van der Waals surface area contributed by atoms with E-state index in [2.05, 4.69) is 10.6 Å². The number of amides is 4. The molecule has 0 radical (unpaired) electrons. The quantitative estimate of drug-likeness (QED) is 0.372. The summed E-state index contributed by atoms with van der Waals surface area (Å²) in [6.45, 7) is 7.70. The van der Waals surface area contributed by atoms with Gasteiger partial charge in [0.05, 0.1) is 0 Å². The van der Waals surface area contributed by atoms with E-state index in [9.17, 15) is 14.4 Å². The number of benzene rings is 1. The van der Waals surface area contributed by atoms with Gasteiger partial charge in [0.2, 0.25) is 5.91 Å². The highest BCUT2D eigenvalue weighted by molar-refractivity contribution is 5.95. The van der Waals surface area contributed by atoms with Crippen LogP contribution in [0.25, 0.3) is 0 Å². The van der Waals surface area contributed by atoms with Gasteiger partial charge in [-0.1, -0.05) is 64.2 Å². The predicted octanol–water partition coefficient (Wildman–Crippen LogP) is 3.45. The van der Waals surface area contributed by atoms with E-state index in [4.69, 9.17) is 5.21 Å².